The summed E-state index contributed by atoms with van der Waals surface area (Å²) in [6.07, 6.45) is 9.39. The largest absolute Gasteiger partial charge is 0.550 e. The zero-order chi connectivity index (χ0) is 11.7. The standard InChI is InChI=1S/C12H12O4/c1-2-5-16-12(15)10-8-4-3-7(6-8)9(10)11(13)14/h1,3-4,7-10H,5-6H2,(H,13,14)/p-1/t7-,8+,9+,10-/m1/s1. The summed E-state index contributed by atoms with van der Waals surface area (Å²) in [4.78, 5) is 22.7. The molecule has 4 heteroatoms. The van der Waals surface area contributed by atoms with E-state index in [0.29, 0.717) is 6.42 Å². The molecule has 0 aromatic carbocycles. The van der Waals surface area contributed by atoms with Gasteiger partial charge in [-0.15, -0.1) is 6.42 Å². The highest BCUT2D eigenvalue weighted by molar-refractivity contribution is 5.82. The molecule has 84 valence electrons. The lowest BCUT2D eigenvalue weighted by molar-refractivity contribution is -0.314. The Kier molecular flexibility index (Phi) is 2.69. The fourth-order valence-electron chi connectivity index (χ4n) is 2.67. The van der Waals surface area contributed by atoms with Gasteiger partial charge in [0.1, 0.15) is 0 Å². The molecule has 0 N–H and O–H groups in total. The number of fused-ring (bicyclic) bond motifs is 2. The van der Waals surface area contributed by atoms with Gasteiger partial charge in [-0.25, -0.2) is 0 Å². The second kappa shape index (κ2) is 4.01. The van der Waals surface area contributed by atoms with Crippen molar-refractivity contribution in [1.29, 1.82) is 0 Å². The number of terminal acetylenes is 1. The zero-order valence-electron chi connectivity index (χ0n) is 8.59. The fourth-order valence-corrected chi connectivity index (χ4v) is 2.67. The molecule has 1 saturated carbocycles. The van der Waals surface area contributed by atoms with Crippen molar-refractivity contribution < 1.29 is 19.4 Å². The van der Waals surface area contributed by atoms with Crippen molar-refractivity contribution in [1.82, 2.24) is 0 Å². The molecule has 0 saturated heterocycles. The minimum atomic E-state index is -1.18. The smallest absolute Gasteiger partial charge is 0.311 e. The number of esters is 1. The third kappa shape index (κ3) is 1.58. The van der Waals surface area contributed by atoms with Gasteiger partial charge in [0.05, 0.1) is 5.92 Å². The summed E-state index contributed by atoms with van der Waals surface area (Å²) >= 11 is 0. The predicted molar refractivity (Wildman–Crippen MR) is 52.5 cm³/mol. The molecule has 0 heterocycles. The molecule has 2 aliphatic carbocycles. The summed E-state index contributed by atoms with van der Waals surface area (Å²) in [6.45, 7) is -0.115. The van der Waals surface area contributed by atoms with Crippen molar-refractivity contribution in [2.75, 3.05) is 6.61 Å². The van der Waals surface area contributed by atoms with Crippen molar-refractivity contribution >= 4 is 11.9 Å². The number of rotatable bonds is 3. The number of aliphatic carboxylic acids is 1. The second-order valence-electron chi connectivity index (χ2n) is 4.13. The number of hydrogen-bond donors (Lipinski definition) is 0. The van der Waals surface area contributed by atoms with E-state index in [0.717, 1.165) is 0 Å². The van der Waals surface area contributed by atoms with E-state index in [1.807, 2.05) is 12.2 Å². The SMILES string of the molecule is C#CCOC(=O)[C@H]1[C@@H](C(=O)[O-])[C@@H]2C=C[C@H]1C2. The summed E-state index contributed by atoms with van der Waals surface area (Å²) in [5.74, 6) is -1.06. The van der Waals surface area contributed by atoms with E-state index in [9.17, 15) is 14.7 Å². The Morgan fingerprint density at radius 2 is 2.00 bits per heavy atom. The Bertz CT molecular complexity index is 390. The first-order chi connectivity index (χ1) is 7.65. The average molecular weight is 219 g/mol. The highest BCUT2D eigenvalue weighted by Gasteiger charge is 2.49. The molecule has 4 atom stereocenters. The van der Waals surface area contributed by atoms with E-state index in [2.05, 4.69) is 5.92 Å². The van der Waals surface area contributed by atoms with Crippen molar-refractivity contribution in [2.24, 2.45) is 23.7 Å². The first kappa shape index (κ1) is 10.7. The lowest BCUT2D eigenvalue weighted by Crippen LogP contribution is -2.41. The van der Waals surface area contributed by atoms with Crippen LogP contribution in [0.1, 0.15) is 6.42 Å². The number of carbonyl (C=O) groups excluding carboxylic acids is 2. The lowest BCUT2D eigenvalue weighted by Gasteiger charge is -2.26. The molecule has 0 spiro atoms. The van der Waals surface area contributed by atoms with Gasteiger partial charge in [0.15, 0.2) is 6.61 Å². The molecule has 0 amide bonds. The Hall–Kier alpha value is -1.76. The topological polar surface area (TPSA) is 66.4 Å². The maximum atomic E-state index is 11.7. The first-order valence-corrected chi connectivity index (χ1v) is 5.14. The molecule has 2 aliphatic rings. The van der Waals surface area contributed by atoms with Crippen LogP contribution < -0.4 is 5.11 Å². The van der Waals surface area contributed by atoms with E-state index >= 15 is 0 Å². The minimum Gasteiger partial charge on any atom is -0.550 e. The van der Waals surface area contributed by atoms with Gasteiger partial charge < -0.3 is 14.6 Å². The van der Waals surface area contributed by atoms with Gasteiger partial charge in [0.25, 0.3) is 0 Å². The highest BCUT2D eigenvalue weighted by Crippen LogP contribution is 2.48. The van der Waals surface area contributed by atoms with E-state index < -0.39 is 23.8 Å². The number of carbonyl (C=O) groups is 2. The average Bonchev–Trinajstić information content (AvgIpc) is 2.84. The molecule has 0 unspecified atom stereocenters. The van der Waals surface area contributed by atoms with Gasteiger partial charge in [0.2, 0.25) is 0 Å². The fraction of sp³-hybridized carbons (Fsp3) is 0.500. The van der Waals surface area contributed by atoms with Crippen LogP contribution in [0.2, 0.25) is 0 Å². The van der Waals surface area contributed by atoms with Crippen LogP contribution in [0.3, 0.4) is 0 Å². The number of ether oxygens (including phenoxy) is 1. The molecular formula is C12H11O4-. The molecule has 0 radical (unpaired) electrons. The molecule has 0 aromatic rings. The van der Waals surface area contributed by atoms with Crippen molar-refractivity contribution in [2.45, 2.75) is 6.42 Å². The van der Waals surface area contributed by atoms with Gasteiger partial charge in [0, 0.05) is 11.9 Å². The lowest BCUT2D eigenvalue weighted by atomic mass is 9.83. The first-order valence-electron chi connectivity index (χ1n) is 5.14. The summed E-state index contributed by atoms with van der Waals surface area (Å²) in [7, 11) is 0. The summed E-state index contributed by atoms with van der Waals surface area (Å²) in [6, 6.07) is 0. The van der Waals surface area contributed by atoms with Crippen LogP contribution in [-0.2, 0) is 14.3 Å². The Labute approximate surface area is 93.3 Å². The molecule has 2 rings (SSSR count). The van der Waals surface area contributed by atoms with Gasteiger partial charge in [-0.1, -0.05) is 18.1 Å². The summed E-state index contributed by atoms with van der Waals surface area (Å²) < 4.78 is 4.81. The van der Waals surface area contributed by atoms with Crippen LogP contribution in [0.4, 0.5) is 0 Å². The van der Waals surface area contributed by atoms with Gasteiger partial charge >= 0.3 is 5.97 Å². The molecular weight excluding hydrogens is 208 g/mol. The van der Waals surface area contributed by atoms with Crippen LogP contribution >= 0.6 is 0 Å². The van der Waals surface area contributed by atoms with Crippen LogP contribution in [0.25, 0.3) is 0 Å². The molecule has 16 heavy (non-hydrogen) atoms. The van der Waals surface area contributed by atoms with Crippen LogP contribution in [0, 0.1) is 36.0 Å². The van der Waals surface area contributed by atoms with Gasteiger partial charge in [-0.05, 0) is 18.3 Å². The maximum Gasteiger partial charge on any atom is 0.311 e. The van der Waals surface area contributed by atoms with Crippen LogP contribution in [-0.4, -0.2) is 18.5 Å². The summed E-state index contributed by atoms with van der Waals surface area (Å²) in [5.41, 5.74) is 0. The van der Waals surface area contributed by atoms with E-state index in [1.54, 1.807) is 0 Å². The Morgan fingerprint density at radius 3 is 2.56 bits per heavy atom. The monoisotopic (exact) mass is 219 g/mol. The third-order valence-electron chi connectivity index (χ3n) is 3.30. The van der Waals surface area contributed by atoms with Gasteiger partial charge in [-0.2, -0.15) is 0 Å². The normalized spacial score (nSPS) is 34.7. The second-order valence-corrected chi connectivity index (χ2v) is 4.13. The van der Waals surface area contributed by atoms with Crippen molar-refractivity contribution in [3.8, 4) is 12.3 Å². The van der Waals surface area contributed by atoms with Crippen LogP contribution in [0.15, 0.2) is 12.2 Å². The molecule has 4 nitrogen and oxygen atoms in total. The molecule has 0 aliphatic heterocycles. The number of allylic oxidation sites excluding steroid dienone is 2. The number of carboxylic acids is 1. The van der Waals surface area contributed by atoms with E-state index in [-0.39, 0.29) is 18.4 Å². The molecule has 1 fully saturated rings. The number of hydrogen-bond acceptors (Lipinski definition) is 4. The third-order valence-corrected chi connectivity index (χ3v) is 3.30. The Morgan fingerprint density at radius 1 is 1.38 bits per heavy atom. The minimum absolute atomic E-state index is 0.0434. The number of carboxylic acid groups (broad SMARTS) is 1. The van der Waals surface area contributed by atoms with E-state index in [1.165, 1.54) is 0 Å². The summed E-state index contributed by atoms with van der Waals surface area (Å²) in [5, 5.41) is 11.0. The highest BCUT2D eigenvalue weighted by atomic mass is 16.5. The van der Waals surface area contributed by atoms with E-state index in [4.69, 9.17) is 11.2 Å². The van der Waals surface area contributed by atoms with Crippen LogP contribution in [0.5, 0.6) is 0 Å². The zero-order valence-corrected chi connectivity index (χ0v) is 8.59. The molecule has 0 aromatic heterocycles. The van der Waals surface area contributed by atoms with Gasteiger partial charge in [-0.3, -0.25) is 4.79 Å². The maximum absolute atomic E-state index is 11.7. The predicted octanol–water partition coefficient (Wildman–Crippen LogP) is -0.649. The quantitative estimate of drug-likeness (QED) is 0.359. The van der Waals surface area contributed by atoms with Crippen molar-refractivity contribution in [3.63, 3.8) is 0 Å². The Balaban J connectivity index is 2.14. The van der Waals surface area contributed by atoms with Crippen molar-refractivity contribution in [3.05, 3.63) is 12.2 Å². The molecule has 2 bridgehead atoms.